The molecule has 0 bridgehead atoms. The summed E-state index contributed by atoms with van der Waals surface area (Å²) in [6.07, 6.45) is 2.16. The lowest BCUT2D eigenvalue weighted by atomic mass is 10.1. The molecule has 2 amide bonds. The number of amides is 2. The highest BCUT2D eigenvalue weighted by molar-refractivity contribution is 7.10. The molecule has 0 N–H and O–H groups in total. The van der Waals surface area contributed by atoms with E-state index in [1.54, 1.807) is 18.3 Å². The van der Waals surface area contributed by atoms with E-state index in [1.807, 2.05) is 24.4 Å². The lowest BCUT2D eigenvalue weighted by Gasteiger charge is -2.24. The third-order valence-electron chi connectivity index (χ3n) is 2.70. The Morgan fingerprint density at radius 1 is 1.44 bits per heavy atom. The second-order valence-corrected chi connectivity index (χ2v) is 4.76. The molecule has 0 saturated heterocycles. The second kappa shape index (κ2) is 4.22. The number of nitrogens with zero attached hydrogens (tertiary/aromatic N) is 1. The maximum atomic E-state index is 11.9. The maximum Gasteiger partial charge on any atom is 0.257 e. The van der Waals surface area contributed by atoms with Gasteiger partial charge >= 0.3 is 0 Å². The Labute approximate surface area is 98.4 Å². The largest absolute Gasteiger partial charge is 0.269 e. The van der Waals surface area contributed by atoms with Gasteiger partial charge in [-0.1, -0.05) is 13.0 Å². The van der Waals surface area contributed by atoms with Gasteiger partial charge in [-0.05, 0) is 24.8 Å². The number of thiophene rings is 1. The van der Waals surface area contributed by atoms with Crippen molar-refractivity contribution in [2.75, 3.05) is 0 Å². The van der Waals surface area contributed by atoms with Crippen molar-refractivity contribution in [3.63, 3.8) is 0 Å². The summed E-state index contributed by atoms with van der Waals surface area (Å²) in [5.74, 6) is -0.354. The minimum absolute atomic E-state index is 0.117. The average Bonchev–Trinajstić information content (AvgIpc) is 2.84. The van der Waals surface area contributed by atoms with Crippen molar-refractivity contribution in [1.82, 2.24) is 4.90 Å². The van der Waals surface area contributed by atoms with Crippen molar-refractivity contribution in [1.29, 1.82) is 0 Å². The minimum Gasteiger partial charge on any atom is -0.269 e. The lowest BCUT2D eigenvalue weighted by molar-refractivity contribution is -0.140. The van der Waals surface area contributed by atoms with Crippen LogP contribution in [0.1, 0.15) is 31.2 Å². The molecule has 0 aromatic carbocycles. The predicted molar refractivity (Wildman–Crippen MR) is 63.0 cm³/mol. The SMILES string of the molecule is CCC(c1cccs1)N1C(=O)C=C(C)C1=O. The van der Waals surface area contributed by atoms with Crippen molar-refractivity contribution in [2.24, 2.45) is 0 Å². The summed E-state index contributed by atoms with van der Waals surface area (Å²) in [6, 6.07) is 3.79. The van der Waals surface area contributed by atoms with Crippen LogP contribution >= 0.6 is 11.3 Å². The van der Waals surface area contributed by atoms with Gasteiger partial charge in [0.15, 0.2) is 0 Å². The highest BCUT2D eigenvalue weighted by Gasteiger charge is 2.34. The normalized spacial score (nSPS) is 17.9. The monoisotopic (exact) mass is 235 g/mol. The predicted octanol–water partition coefficient (Wildman–Crippen LogP) is 2.51. The summed E-state index contributed by atoms with van der Waals surface area (Å²) < 4.78 is 0. The highest BCUT2D eigenvalue weighted by atomic mass is 32.1. The van der Waals surface area contributed by atoms with E-state index in [0.717, 1.165) is 11.3 Å². The van der Waals surface area contributed by atoms with Gasteiger partial charge in [-0.3, -0.25) is 14.5 Å². The van der Waals surface area contributed by atoms with Crippen LogP contribution in [0.5, 0.6) is 0 Å². The van der Waals surface area contributed by atoms with E-state index in [2.05, 4.69) is 0 Å². The van der Waals surface area contributed by atoms with Gasteiger partial charge in [-0.25, -0.2) is 0 Å². The molecule has 2 heterocycles. The Hall–Kier alpha value is -1.42. The van der Waals surface area contributed by atoms with E-state index >= 15 is 0 Å². The summed E-state index contributed by atoms with van der Waals surface area (Å²) in [5.41, 5.74) is 0.528. The maximum absolute atomic E-state index is 11.9. The summed E-state index contributed by atoms with van der Waals surface area (Å²) in [7, 11) is 0. The molecule has 1 atom stereocenters. The summed E-state index contributed by atoms with van der Waals surface area (Å²) in [4.78, 5) is 26.0. The first kappa shape index (κ1) is 11.1. The van der Waals surface area contributed by atoms with Gasteiger partial charge in [0, 0.05) is 16.5 Å². The molecule has 4 heteroatoms. The van der Waals surface area contributed by atoms with E-state index in [4.69, 9.17) is 0 Å². The van der Waals surface area contributed by atoms with Crippen LogP contribution in [0.4, 0.5) is 0 Å². The zero-order chi connectivity index (χ0) is 11.7. The van der Waals surface area contributed by atoms with E-state index < -0.39 is 0 Å². The molecule has 0 saturated carbocycles. The first-order valence-electron chi connectivity index (χ1n) is 5.24. The van der Waals surface area contributed by atoms with Crippen molar-refractivity contribution in [3.8, 4) is 0 Å². The molecule has 1 unspecified atom stereocenters. The van der Waals surface area contributed by atoms with Gasteiger partial charge in [0.2, 0.25) is 0 Å². The third-order valence-corrected chi connectivity index (χ3v) is 3.68. The molecule has 1 aliphatic rings. The average molecular weight is 235 g/mol. The van der Waals surface area contributed by atoms with Crippen LogP contribution in [0.2, 0.25) is 0 Å². The van der Waals surface area contributed by atoms with Crippen LogP contribution < -0.4 is 0 Å². The van der Waals surface area contributed by atoms with E-state index in [1.165, 1.54) is 11.0 Å². The number of hydrogen-bond donors (Lipinski definition) is 0. The summed E-state index contributed by atoms with van der Waals surface area (Å²) in [6.45, 7) is 3.67. The van der Waals surface area contributed by atoms with Crippen LogP contribution in [-0.2, 0) is 9.59 Å². The Morgan fingerprint density at radius 3 is 2.62 bits per heavy atom. The minimum atomic E-state index is -0.192. The van der Waals surface area contributed by atoms with Crippen molar-refractivity contribution in [2.45, 2.75) is 26.3 Å². The summed E-state index contributed by atoms with van der Waals surface area (Å²) >= 11 is 1.58. The standard InChI is InChI=1S/C12H13NO2S/c1-3-9(10-5-4-6-16-10)13-11(14)7-8(2)12(13)15/h4-7,9H,3H2,1-2H3. The Balaban J connectivity index is 2.31. The fourth-order valence-corrected chi connectivity index (χ4v) is 2.79. The molecule has 0 spiro atoms. The Morgan fingerprint density at radius 2 is 2.19 bits per heavy atom. The molecular formula is C12H13NO2S. The zero-order valence-corrected chi connectivity index (χ0v) is 10.1. The van der Waals surface area contributed by atoms with E-state index in [0.29, 0.717) is 5.57 Å². The fraction of sp³-hybridized carbons (Fsp3) is 0.333. The molecule has 16 heavy (non-hydrogen) atoms. The topological polar surface area (TPSA) is 37.4 Å². The van der Waals surface area contributed by atoms with E-state index in [9.17, 15) is 9.59 Å². The second-order valence-electron chi connectivity index (χ2n) is 3.78. The number of hydrogen-bond acceptors (Lipinski definition) is 3. The van der Waals surface area contributed by atoms with E-state index in [-0.39, 0.29) is 17.9 Å². The van der Waals surface area contributed by atoms with Crippen LogP contribution in [0.3, 0.4) is 0 Å². The highest BCUT2D eigenvalue weighted by Crippen LogP contribution is 2.31. The quantitative estimate of drug-likeness (QED) is 0.755. The Kier molecular flexibility index (Phi) is 2.92. The van der Waals surface area contributed by atoms with Crippen LogP contribution in [0, 0.1) is 0 Å². The number of carbonyl (C=O) groups is 2. The molecule has 1 aromatic rings. The molecular weight excluding hydrogens is 222 g/mol. The first-order chi connectivity index (χ1) is 7.65. The molecule has 3 nitrogen and oxygen atoms in total. The van der Waals surface area contributed by atoms with Crippen LogP contribution in [0.15, 0.2) is 29.2 Å². The van der Waals surface area contributed by atoms with Gasteiger partial charge < -0.3 is 0 Å². The van der Waals surface area contributed by atoms with Gasteiger partial charge in [0.05, 0.1) is 6.04 Å². The Bertz CT molecular complexity index is 448. The number of imide groups is 1. The molecule has 84 valence electrons. The molecule has 1 aliphatic heterocycles. The first-order valence-corrected chi connectivity index (χ1v) is 6.12. The molecule has 2 rings (SSSR count). The van der Waals surface area contributed by atoms with Gasteiger partial charge in [-0.2, -0.15) is 0 Å². The third kappa shape index (κ3) is 1.69. The number of rotatable bonds is 3. The van der Waals surface area contributed by atoms with Crippen molar-refractivity contribution < 1.29 is 9.59 Å². The summed E-state index contributed by atoms with van der Waals surface area (Å²) in [5, 5.41) is 1.96. The zero-order valence-electron chi connectivity index (χ0n) is 9.27. The van der Waals surface area contributed by atoms with Crippen molar-refractivity contribution in [3.05, 3.63) is 34.0 Å². The molecule has 0 aliphatic carbocycles. The van der Waals surface area contributed by atoms with Gasteiger partial charge in [-0.15, -0.1) is 11.3 Å². The molecule has 0 fully saturated rings. The number of carbonyl (C=O) groups excluding carboxylic acids is 2. The van der Waals surface area contributed by atoms with Crippen LogP contribution in [-0.4, -0.2) is 16.7 Å². The fourth-order valence-electron chi connectivity index (χ4n) is 1.89. The lowest BCUT2D eigenvalue weighted by Crippen LogP contribution is -2.34. The molecule has 1 aromatic heterocycles. The smallest absolute Gasteiger partial charge is 0.257 e. The molecule has 0 radical (unpaired) electrons. The van der Waals surface area contributed by atoms with Crippen LogP contribution in [0.25, 0.3) is 0 Å². The van der Waals surface area contributed by atoms with Gasteiger partial charge in [0.25, 0.3) is 11.8 Å². The van der Waals surface area contributed by atoms with Crippen molar-refractivity contribution >= 4 is 23.2 Å². The van der Waals surface area contributed by atoms with Gasteiger partial charge in [0.1, 0.15) is 0 Å².